The van der Waals surface area contributed by atoms with Crippen molar-refractivity contribution in [3.63, 3.8) is 0 Å². The normalized spacial score (nSPS) is 25.3. The largest absolute Gasteiger partial charge is 0.394 e. The van der Waals surface area contributed by atoms with Crippen LogP contribution < -0.4 is 10.9 Å². The number of carbonyl (C=O) groups excluding carboxylic acids is 1. The molecule has 23 heavy (non-hydrogen) atoms. The Morgan fingerprint density at radius 3 is 3.04 bits per heavy atom. The van der Waals surface area contributed by atoms with E-state index in [4.69, 9.17) is 4.74 Å². The first-order valence-corrected chi connectivity index (χ1v) is 7.57. The number of hydrogen-bond acceptors (Lipinski definition) is 6. The molecule has 1 fully saturated rings. The number of carbonyl (C=O) groups is 1. The number of nitrogens with zero attached hydrogens (tertiary/aromatic N) is 4. The van der Waals surface area contributed by atoms with Gasteiger partial charge in [0.1, 0.15) is 12.3 Å². The van der Waals surface area contributed by atoms with Crippen molar-refractivity contribution in [1.82, 2.24) is 19.1 Å². The van der Waals surface area contributed by atoms with E-state index >= 15 is 0 Å². The highest BCUT2D eigenvalue weighted by atomic mass is 16.5. The summed E-state index contributed by atoms with van der Waals surface area (Å²) in [5.74, 6) is -0.298. The number of imidazole rings is 1. The van der Waals surface area contributed by atoms with E-state index in [1.807, 2.05) is 0 Å². The number of aromatic nitrogens is 4. The fourth-order valence-electron chi connectivity index (χ4n) is 3.24. The average molecular weight is 319 g/mol. The summed E-state index contributed by atoms with van der Waals surface area (Å²) in [4.78, 5) is 32.4. The summed E-state index contributed by atoms with van der Waals surface area (Å²) < 4.78 is 9.34. The average Bonchev–Trinajstić information content (AvgIpc) is 3.10. The summed E-state index contributed by atoms with van der Waals surface area (Å²) in [6.07, 6.45) is 1.48. The second-order valence-corrected chi connectivity index (χ2v) is 6.19. The zero-order valence-corrected chi connectivity index (χ0v) is 12.8. The summed E-state index contributed by atoms with van der Waals surface area (Å²) in [5, 5.41) is 12.3. The van der Waals surface area contributed by atoms with Crippen molar-refractivity contribution in [2.75, 3.05) is 11.9 Å². The molecule has 2 bridgehead atoms. The van der Waals surface area contributed by atoms with Gasteiger partial charge in [-0.05, 0) is 0 Å². The van der Waals surface area contributed by atoms with Crippen molar-refractivity contribution in [2.45, 2.75) is 38.6 Å². The highest BCUT2D eigenvalue weighted by molar-refractivity contribution is 5.91. The first-order valence-electron chi connectivity index (χ1n) is 7.57. The van der Waals surface area contributed by atoms with Gasteiger partial charge in [0.15, 0.2) is 11.2 Å². The molecule has 4 rings (SSSR count). The van der Waals surface area contributed by atoms with Crippen LogP contribution in [0.2, 0.25) is 0 Å². The van der Waals surface area contributed by atoms with E-state index in [2.05, 4.69) is 15.3 Å². The van der Waals surface area contributed by atoms with Gasteiger partial charge in [-0.2, -0.15) is 4.98 Å². The van der Waals surface area contributed by atoms with Gasteiger partial charge < -0.3 is 9.84 Å². The molecule has 1 saturated heterocycles. The van der Waals surface area contributed by atoms with Gasteiger partial charge in [-0.3, -0.25) is 24.0 Å². The standard InChI is InChI=1S/C14H17N5O4/c1-6(2)11(21)16-14-17-12(22)10-13-18(5-15-10)9-3-7(19(13)14)8(4-20)23-9/h5-9,20H,3-4H2,1-2H3,(H,16,17,21,22)/t7-,8-,9-/m1/s1. The Morgan fingerprint density at radius 1 is 1.57 bits per heavy atom. The van der Waals surface area contributed by atoms with Gasteiger partial charge in [0.25, 0.3) is 0 Å². The second kappa shape index (κ2) is 4.87. The van der Waals surface area contributed by atoms with Gasteiger partial charge >= 0.3 is 5.56 Å². The molecule has 0 unspecified atom stereocenters. The minimum atomic E-state index is -0.490. The molecule has 2 aliphatic heterocycles. The number of rotatable bonds is 3. The number of hydrogen-bond donors (Lipinski definition) is 2. The molecule has 3 atom stereocenters. The summed E-state index contributed by atoms with van der Waals surface area (Å²) in [7, 11) is 0. The fraction of sp³-hybridized carbons (Fsp3) is 0.571. The number of aliphatic hydroxyl groups is 1. The molecule has 0 aromatic carbocycles. The maximum atomic E-state index is 12.2. The Hall–Kier alpha value is -2.26. The lowest BCUT2D eigenvalue weighted by molar-refractivity contribution is -0.119. The van der Waals surface area contributed by atoms with Crippen LogP contribution in [0.15, 0.2) is 11.1 Å². The molecular formula is C14H17N5O4. The first-order chi connectivity index (χ1) is 11.0. The molecule has 4 heterocycles. The van der Waals surface area contributed by atoms with E-state index in [1.54, 1.807) is 29.3 Å². The number of ether oxygens (including phenoxy) is 1. The molecule has 9 heteroatoms. The molecule has 0 aliphatic carbocycles. The van der Waals surface area contributed by atoms with E-state index in [1.165, 1.54) is 0 Å². The quantitative estimate of drug-likeness (QED) is 0.825. The Morgan fingerprint density at radius 2 is 2.35 bits per heavy atom. The zero-order valence-electron chi connectivity index (χ0n) is 12.8. The summed E-state index contributed by atoms with van der Waals surface area (Å²) in [6, 6.07) is -0.202. The van der Waals surface area contributed by atoms with E-state index < -0.39 is 11.7 Å². The Labute approximate surface area is 130 Å². The Kier molecular flexibility index (Phi) is 3.03. The second-order valence-electron chi connectivity index (χ2n) is 6.19. The van der Waals surface area contributed by atoms with Gasteiger partial charge in [0.05, 0.1) is 19.0 Å². The molecular weight excluding hydrogens is 302 g/mol. The van der Waals surface area contributed by atoms with Gasteiger partial charge in [-0.15, -0.1) is 0 Å². The van der Waals surface area contributed by atoms with Gasteiger partial charge in [-0.25, -0.2) is 4.98 Å². The Bertz CT molecular complexity index is 855. The van der Waals surface area contributed by atoms with Crippen molar-refractivity contribution in [1.29, 1.82) is 0 Å². The lowest BCUT2D eigenvalue weighted by atomic mass is 10.1. The van der Waals surface area contributed by atoms with Crippen LogP contribution in [0.5, 0.6) is 0 Å². The van der Waals surface area contributed by atoms with Gasteiger partial charge in [0, 0.05) is 12.3 Å². The molecule has 122 valence electrons. The number of nitrogens with one attached hydrogen (secondary N) is 1. The van der Waals surface area contributed by atoms with Crippen LogP contribution in [0, 0.1) is 5.92 Å². The predicted octanol–water partition coefficient (Wildman–Crippen LogP) is 0.0220. The minimum absolute atomic E-state index is 0.148. The van der Waals surface area contributed by atoms with Crippen LogP contribution in [-0.4, -0.2) is 42.8 Å². The van der Waals surface area contributed by atoms with Crippen LogP contribution in [0.3, 0.4) is 0 Å². The third-order valence-corrected chi connectivity index (χ3v) is 4.42. The molecule has 2 N–H and O–H groups in total. The monoisotopic (exact) mass is 319 g/mol. The van der Waals surface area contributed by atoms with Crippen molar-refractivity contribution in [3.8, 4) is 0 Å². The minimum Gasteiger partial charge on any atom is -0.394 e. The van der Waals surface area contributed by atoms with Crippen molar-refractivity contribution < 1.29 is 14.6 Å². The van der Waals surface area contributed by atoms with Crippen molar-refractivity contribution >= 4 is 23.0 Å². The van der Waals surface area contributed by atoms with E-state index in [9.17, 15) is 14.7 Å². The number of fused-ring (bicyclic) bond motifs is 4. The third kappa shape index (κ3) is 1.93. The molecule has 1 amide bonds. The van der Waals surface area contributed by atoms with Gasteiger partial charge in [-0.1, -0.05) is 13.8 Å². The first kappa shape index (κ1) is 14.3. The molecule has 9 nitrogen and oxygen atoms in total. The van der Waals surface area contributed by atoms with Crippen molar-refractivity contribution in [2.24, 2.45) is 5.92 Å². The van der Waals surface area contributed by atoms with E-state index in [-0.39, 0.29) is 42.2 Å². The van der Waals surface area contributed by atoms with E-state index in [0.717, 1.165) is 0 Å². The lowest BCUT2D eigenvalue weighted by Gasteiger charge is -2.26. The molecule has 0 spiro atoms. The molecule has 2 aliphatic rings. The fourth-order valence-corrected chi connectivity index (χ4v) is 3.24. The maximum Gasteiger partial charge on any atom is 0.302 e. The van der Waals surface area contributed by atoms with Crippen LogP contribution in [0.1, 0.15) is 32.5 Å². The lowest BCUT2D eigenvalue weighted by Crippen LogP contribution is -2.32. The number of anilines is 1. The van der Waals surface area contributed by atoms with Crippen LogP contribution in [-0.2, 0) is 9.53 Å². The van der Waals surface area contributed by atoms with E-state index in [0.29, 0.717) is 12.1 Å². The number of amides is 1. The zero-order chi connectivity index (χ0) is 16.3. The highest BCUT2D eigenvalue weighted by Crippen LogP contribution is 2.44. The van der Waals surface area contributed by atoms with Crippen LogP contribution in [0.25, 0.3) is 11.2 Å². The maximum absolute atomic E-state index is 12.2. The predicted molar refractivity (Wildman–Crippen MR) is 79.9 cm³/mol. The molecule has 2 aromatic rings. The van der Waals surface area contributed by atoms with Crippen molar-refractivity contribution in [3.05, 3.63) is 16.7 Å². The summed E-state index contributed by atoms with van der Waals surface area (Å²) in [6.45, 7) is 3.37. The van der Waals surface area contributed by atoms with Crippen LogP contribution in [0.4, 0.5) is 5.95 Å². The molecule has 0 radical (unpaired) electrons. The SMILES string of the molecule is CC(C)C(=O)Nc1nc(=O)c2ncn3c2n1[C@@H]1C[C@H]3O[C@@H]1CO. The smallest absolute Gasteiger partial charge is 0.302 e. The Balaban J connectivity index is 1.95. The summed E-state index contributed by atoms with van der Waals surface area (Å²) >= 11 is 0. The molecule has 0 saturated carbocycles. The van der Waals surface area contributed by atoms with Gasteiger partial charge in [0.2, 0.25) is 11.9 Å². The highest BCUT2D eigenvalue weighted by Gasteiger charge is 2.44. The number of aliphatic hydroxyl groups excluding tert-OH is 1. The third-order valence-electron chi connectivity index (χ3n) is 4.42. The van der Waals surface area contributed by atoms with Crippen LogP contribution >= 0.6 is 0 Å². The topological polar surface area (TPSA) is 111 Å². The molecule has 2 aromatic heterocycles. The summed E-state index contributed by atoms with van der Waals surface area (Å²) in [5.41, 5.74) is 0.321.